The number of carbonyl (C=O) groups excluding carboxylic acids is 2. The zero-order chi connectivity index (χ0) is 31.4. The topological polar surface area (TPSA) is 89.9 Å². The minimum absolute atomic E-state index is 0.353. The number of nitrogens with zero attached hydrogens (tertiary/aromatic N) is 4. The van der Waals surface area contributed by atoms with Crippen molar-refractivity contribution in [1.29, 1.82) is 10.5 Å². The Morgan fingerprint density at radius 1 is 0.500 bits per heavy atom. The zero-order valence-electron chi connectivity index (χ0n) is 24.3. The number of hydrogen-bond acceptors (Lipinski definition) is 4. The van der Waals surface area contributed by atoms with E-state index in [1.54, 1.807) is 24.3 Å². The highest BCUT2D eigenvalue weighted by Crippen LogP contribution is 2.39. The van der Waals surface area contributed by atoms with Crippen LogP contribution in [-0.4, -0.2) is 16.4 Å². The van der Waals surface area contributed by atoms with E-state index in [1.807, 2.05) is 114 Å². The van der Waals surface area contributed by atoms with Gasteiger partial charge in [-0.3, -0.25) is 9.59 Å². The fourth-order valence-electron chi connectivity index (χ4n) is 6.46. The lowest BCUT2D eigenvalue weighted by atomic mass is 9.99. The number of rotatable bonds is 4. The Morgan fingerprint density at radius 2 is 1.15 bits per heavy atom. The number of benzene rings is 6. The molecule has 0 unspecified atom stereocenters. The molecule has 2 amide bonds. The SMILES string of the molecule is N#Cc1cc(C#N)cc(-c2ccc3c(c2)c2ccccc2n3-c2cccc3c2C(=O)N(c2ccc(-c4ccccc4)cc2)C3=O)c1. The molecule has 6 heteroatoms. The van der Waals surface area contributed by atoms with Gasteiger partial charge in [-0.05, 0) is 82.9 Å². The van der Waals surface area contributed by atoms with Crippen LogP contribution in [0.15, 0.2) is 133 Å². The van der Waals surface area contributed by atoms with Crippen LogP contribution in [0, 0.1) is 22.7 Å². The normalized spacial score (nSPS) is 12.3. The lowest BCUT2D eigenvalue weighted by molar-refractivity contribution is 0.0926. The Kier molecular flexibility index (Phi) is 6.10. The van der Waals surface area contributed by atoms with Crippen molar-refractivity contribution < 1.29 is 9.59 Å². The lowest BCUT2D eigenvalue weighted by Gasteiger charge is -2.15. The minimum atomic E-state index is -0.372. The molecule has 0 fully saturated rings. The first-order chi connectivity index (χ1) is 22.6. The van der Waals surface area contributed by atoms with Crippen LogP contribution in [0.5, 0.6) is 0 Å². The summed E-state index contributed by atoms with van der Waals surface area (Å²) in [6.45, 7) is 0. The molecule has 0 saturated carbocycles. The van der Waals surface area contributed by atoms with E-state index in [2.05, 4.69) is 12.1 Å². The average Bonchev–Trinajstić information content (AvgIpc) is 3.58. The molecule has 6 aromatic carbocycles. The van der Waals surface area contributed by atoms with Crippen LogP contribution < -0.4 is 4.90 Å². The number of amides is 2. The van der Waals surface area contributed by atoms with Crippen LogP contribution in [0.4, 0.5) is 5.69 Å². The highest BCUT2D eigenvalue weighted by atomic mass is 16.2. The van der Waals surface area contributed by atoms with Gasteiger partial charge in [0.15, 0.2) is 0 Å². The van der Waals surface area contributed by atoms with E-state index in [0.717, 1.165) is 44.1 Å². The molecule has 0 aliphatic carbocycles. The third-order valence-electron chi connectivity index (χ3n) is 8.56. The number of aromatic nitrogens is 1. The maximum atomic E-state index is 14.1. The summed E-state index contributed by atoms with van der Waals surface area (Å²) in [6, 6.07) is 46.1. The van der Waals surface area contributed by atoms with E-state index >= 15 is 0 Å². The molecular formula is C40H22N4O2. The second-order valence-electron chi connectivity index (χ2n) is 11.2. The largest absolute Gasteiger partial charge is 0.308 e. The molecule has 1 aromatic heterocycles. The molecule has 2 heterocycles. The summed E-state index contributed by atoms with van der Waals surface area (Å²) >= 11 is 0. The first-order valence-corrected chi connectivity index (χ1v) is 14.7. The molecule has 0 N–H and O–H groups in total. The molecule has 214 valence electrons. The van der Waals surface area contributed by atoms with Crippen LogP contribution in [0.25, 0.3) is 49.7 Å². The number of nitriles is 2. The molecule has 6 nitrogen and oxygen atoms in total. The van der Waals surface area contributed by atoms with Gasteiger partial charge < -0.3 is 4.57 Å². The summed E-state index contributed by atoms with van der Waals surface area (Å²) in [5.74, 6) is -0.731. The molecule has 0 spiro atoms. The van der Waals surface area contributed by atoms with Gasteiger partial charge in [0.05, 0.1) is 56.8 Å². The second kappa shape index (κ2) is 10.4. The maximum Gasteiger partial charge on any atom is 0.268 e. The summed E-state index contributed by atoms with van der Waals surface area (Å²) < 4.78 is 2.03. The smallest absolute Gasteiger partial charge is 0.268 e. The Bertz CT molecular complexity index is 2450. The van der Waals surface area contributed by atoms with Gasteiger partial charge in [-0.1, -0.05) is 72.8 Å². The third-order valence-corrected chi connectivity index (χ3v) is 8.56. The lowest BCUT2D eigenvalue weighted by Crippen LogP contribution is -2.29. The van der Waals surface area contributed by atoms with Gasteiger partial charge in [0, 0.05) is 10.8 Å². The molecule has 0 atom stereocenters. The van der Waals surface area contributed by atoms with Crippen LogP contribution in [0.2, 0.25) is 0 Å². The van der Waals surface area contributed by atoms with Crippen molar-refractivity contribution in [1.82, 2.24) is 4.57 Å². The molecular weight excluding hydrogens is 568 g/mol. The Morgan fingerprint density at radius 3 is 1.89 bits per heavy atom. The van der Waals surface area contributed by atoms with Gasteiger partial charge >= 0.3 is 0 Å². The number of para-hydroxylation sites is 1. The summed E-state index contributed by atoms with van der Waals surface area (Å²) in [6.07, 6.45) is 0. The van der Waals surface area contributed by atoms with Gasteiger partial charge in [-0.2, -0.15) is 10.5 Å². The van der Waals surface area contributed by atoms with Gasteiger partial charge in [0.25, 0.3) is 11.8 Å². The number of fused-ring (bicyclic) bond motifs is 4. The van der Waals surface area contributed by atoms with Gasteiger partial charge in [-0.15, -0.1) is 0 Å². The number of imide groups is 1. The van der Waals surface area contributed by atoms with E-state index in [0.29, 0.717) is 33.6 Å². The van der Waals surface area contributed by atoms with Crippen molar-refractivity contribution in [3.63, 3.8) is 0 Å². The van der Waals surface area contributed by atoms with Gasteiger partial charge in [0.1, 0.15) is 0 Å². The fraction of sp³-hybridized carbons (Fsp3) is 0. The Labute approximate surface area is 264 Å². The van der Waals surface area contributed by atoms with Crippen molar-refractivity contribution in [2.75, 3.05) is 4.90 Å². The maximum absolute atomic E-state index is 14.1. The van der Waals surface area contributed by atoms with E-state index in [4.69, 9.17) is 0 Å². The summed E-state index contributed by atoms with van der Waals surface area (Å²) in [4.78, 5) is 29.2. The fourth-order valence-corrected chi connectivity index (χ4v) is 6.46. The molecule has 46 heavy (non-hydrogen) atoms. The minimum Gasteiger partial charge on any atom is -0.308 e. The van der Waals surface area contributed by atoms with Gasteiger partial charge in [-0.25, -0.2) is 4.90 Å². The highest BCUT2D eigenvalue weighted by molar-refractivity contribution is 6.35. The van der Waals surface area contributed by atoms with Crippen LogP contribution in [0.1, 0.15) is 31.8 Å². The molecule has 1 aliphatic heterocycles. The number of anilines is 1. The standard InChI is InChI=1S/C40H22N4O2/c41-23-25-19-26(24-42)21-30(20-25)29-15-18-36-34(22-29)32-9-4-5-11-35(32)44(36)37-12-6-10-33-38(37)40(46)43(39(33)45)31-16-13-28(14-17-31)27-7-2-1-3-8-27/h1-22H. The van der Waals surface area contributed by atoms with Crippen molar-refractivity contribution in [2.45, 2.75) is 0 Å². The molecule has 0 saturated heterocycles. The van der Waals surface area contributed by atoms with Crippen LogP contribution in [0.3, 0.4) is 0 Å². The van der Waals surface area contributed by atoms with Crippen molar-refractivity contribution in [3.05, 3.63) is 156 Å². The van der Waals surface area contributed by atoms with E-state index < -0.39 is 0 Å². The number of hydrogen-bond donors (Lipinski definition) is 0. The first-order valence-electron chi connectivity index (χ1n) is 14.7. The van der Waals surface area contributed by atoms with Crippen molar-refractivity contribution in [2.24, 2.45) is 0 Å². The molecule has 8 rings (SSSR count). The predicted molar refractivity (Wildman–Crippen MR) is 179 cm³/mol. The average molecular weight is 591 g/mol. The van der Waals surface area contributed by atoms with E-state index in [1.165, 1.54) is 4.90 Å². The van der Waals surface area contributed by atoms with E-state index in [-0.39, 0.29) is 11.8 Å². The van der Waals surface area contributed by atoms with Crippen LogP contribution in [-0.2, 0) is 0 Å². The molecule has 1 aliphatic rings. The quantitative estimate of drug-likeness (QED) is 0.192. The third kappa shape index (κ3) is 4.10. The van der Waals surface area contributed by atoms with Crippen molar-refractivity contribution in [3.8, 4) is 40.1 Å². The zero-order valence-corrected chi connectivity index (χ0v) is 24.3. The predicted octanol–water partition coefficient (Wildman–Crippen LogP) is 8.66. The summed E-state index contributed by atoms with van der Waals surface area (Å²) in [5, 5.41) is 21.0. The molecule has 0 bridgehead atoms. The molecule has 0 radical (unpaired) electrons. The van der Waals surface area contributed by atoms with E-state index in [9.17, 15) is 20.1 Å². The molecule has 7 aromatic rings. The summed E-state index contributed by atoms with van der Waals surface area (Å²) in [7, 11) is 0. The number of carbonyl (C=O) groups is 2. The summed E-state index contributed by atoms with van der Waals surface area (Å²) in [5.41, 5.74) is 8.10. The monoisotopic (exact) mass is 590 g/mol. The second-order valence-corrected chi connectivity index (χ2v) is 11.2. The Balaban J connectivity index is 1.26. The van der Waals surface area contributed by atoms with Gasteiger partial charge in [0.2, 0.25) is 0 Å². The highest BCUT2D eigenvalue weighted by Gasteiger charge is 2.39. The van der Waals surface area contributed by atoms with Crippen LogP contribution >= 0.6 is 0 Å². The first kappa shape index (κ1) is 26.8. The Hall–Kier alpha value is -6.76. The van der Waals surface area contributed by atoms with Crippen molar-refractivity contribution >= 4 is 39.3 Å².